The van der Waals surface area contributed by atoms with Crippen LogP contribution in [0.5, 0.6) is 0 Å². The predicted molar refractivity (Wildman–Crippen MR) is 90.6 cm³/mol. The van der Waals surface area contributed by atoms with Gasteiger partial charge in [0.1, 0.15) is 0 Å². The van der Waals surface area contributed by atoms with Crippen LogP contribution in [0.4, 0.5) is 5.69 Å². The Hall–Kier alpha value is -2.31. The molecule has 7 heteroatoms. The van der Waals surface area contributed by atoms with Gasteiger partial charge in [-0.1, -0.05) is 29.3 Å². The van der Waals surface area contributed by atoms with Gasteiger partial charge in [-0.25, -0.2) is 13.1 Å². The van der Waals surface area contributed by atoms with E-state index in [1.807, 2.05) is 6.92 Å². The van der Waals surface area contributed by atoms with Crippen LogP contribution in [0, 0.1) is 6.92 Å². The number of sulfonamides is 1. The molecule has 118 valence electrons. The minimum atomic E-state index is -3.64. The highest BCUT2D eigenvalue weighted by atomic mass is 35.5. The lowest BCUT2D eigenvalue weighted by molar-refractivity contribution is 0.601. The van der Waals surface area contributed by atoms with Crippen molar-refractivity contribution >= 4 is 27.3 Å². The van der Waals surface area contributed by atoms with Gasteiger partial charge in [0, 0.05) is 12.4 Å². The molecule has 0 radical (unpaired) electrons. The predicted octanol–water partition coefficient (Wildman–Crippen LogP) is 3.63. The van der Waals surface area contributed by atoms with E-state index in [1.165, 1.54) is 0 Å². The first-order valence-electron chi connectivity index (χ1n) is 6.85. The van der Waals surface area contributed by atoms with Crippen LogP contribution in [0.1, 0.15) is 5.56 Å². The molecule has 0 aliphatic carbocycles. The number of rotatable bonds is 4. The maximum atomic E-state index is 12.4. The van der Waals surface area contributed by atoms with Crippen LogP contribution in [0.3, 0.4) is 0 Å². The number of benzene rings is 2. The van der Waals surface area contributed by atoms with E-state index in [0.29, 0.717) is 16.4 Å². The standard InChI is InChI=1S/C16H14ClN3O2S/c1-12-3-6-14(7-4-12)23(21,22)19-13-5-8-16(15(17)11-13)20-10-2-9-18-20/h2-11,19H,1H3. The van der Waals surface area contributed by atoms with Gasteiger partial charge in [0.2, 0.25) is 0 Å². The average molecular weight is 348 g/mol. The fraction of sp³-hybridized carbons (Fsp3) is 0.0625. The Morgan fingerprint density at radius 3 is 2.48 bits per heavy atom. The van der Waals surface area contributed by atoms with Crippen molar-refractivity contribution in [1.29, 1.82) is 0 Å². The van der Waals surface area contributed by atoms with Crippen LogP contribution >= 0.6 is 11.6 Å². The van der Waals surface area contributed by atoms with E-state index < -0.39 is 10.0 Å². The molecule has 1 N–H and O–H groups in total. The normalized spacial score (nSPS) is 11.4. The number of halogens is 1. The minimum Gasteiger partial charge on any atom is -0.280 e. The van der Waals surface area contributed by atoms with Gasteiger partial charge in [-0.2, -0.15) is 5.10 Å². The van der Waals surface area contributed by atoms with E-state index in [0.717, 1.165) is 5.56 Å². The second-order valence-electron chi connectivity index (χ2n) is 5.04. The summed E-state index contributed by atoms with van der Waals surface area (Å²) in [6.07, 6.45) is 3.40. The maximum Gasteiger partial charge on any atom is 0.261 e. The number of nitrogens with zero attached hydrogens (tertiary/aromatic N) is 2. The molecule has 1 heterocycles. The van der Waals surface area contributed by atoms with Crippen molar-refractivity contribution in [1.82, 2.24) is 9.78 Å². The molecule has 0 spiro atoms. The molecule has 0 atom stereocenters. The van der Waals surface area contributed by atoms with E-state index in [2.05, 4.69) is 9.82 Å². The van der Waals surface area contributed by atoms with Crippen molar-refractivity contribution in [3.05, 3.63) is 71.5 Å². The first-order chi connectivity index (χ1) is 11.0. The molecule has 1 aromatic heterocycles. The topological polar surface area (TPSA) is 64.0 Å². The minimum absolute atomic E-state index is 0.204. The molecule has 0 aliphatic rings. The van der Waals surface area contributed by atoms with Crippen molar-refractivity contribution in [3.8, 4) is 5.69 Å². The lowest BCUT2D eigenvalue weighted by atomic mass is 10.2. The van der Waals surface area contributed by atoms with Gasteiger partial charge in [0.05, 0.1) is 21.3 Å². The summed E-state index contributed by atoms with van der Waals surface area (Å²) in [5, 5.41) is 4.50. The van der Waals surface area contributed by atoms with Gasteiger partial charge in [-0.15, -0.1) is 0 Å². The Kier molecular flexibility index (Phi) is 4.11. The summed E-state index contributed by atoms with van der Waals surface area (Å²) in [4.78, 5) is 0.204. The Bertz CT molecular complexity index is 920. The third-order valence-electron chi connectivity index (χ3n) is 3.28. The summed E-state index contributed by atoms with van der Waals surface area (Å²) >= 11 is 6.22. The summed E-state index contributed by atoms with van der Waals surface area (Å²) in [7, 11) is -3.64. The molecule has 2 aromatic carbocycles. The zero-order valence-electron chi connectivity index (χ0n) is 12.3. The van der Waals surface area contributed by atoms with Crippen LogP contribution in [0.25, 0.3) is 5.69 Å². The molecule has 0 bridgehead atoms. The molecular weight excluding hydrogens is 334 g/mol. The van der Waals surface area contributed by atoms with Crippen LogP contribution in [0.15, 0.2) is 65.8 Å². The van der Waals surface area contributed by atoms with Crippen molar-refractivity contribution in [3.63, 3.8) is 0 Å². The first kappa shape index (κ1) is 15.6. The molecule has 0 unspecified atom stereocenters. The summed E-state index contributed by atoms with van der Waals surface area (Å²) in [6, 6.07) is 13.3. The number of nitrogens with one attached hydrogen (secondary N) is 1. The van der Waals surface area contributed by atoms with E-state index >= 15 is 0 Å². The Morgan fingerprint density at radius 1 is 1.13 bits per heavy atom. The molecule has 23 heavy (non-hydrogen) atoms. The Morgan fingerprint density at radius 2 is 1.87 bits per heavy atom. The zero-order chi connectivity index (χ0) is 16.4. The van der Waals surface area contributed by atoms with Crippen LogP contribution in [-0.2, 0) is 10.0 Å². The fourth-order valence-corrected chi connectivity index (χ4v) is 3.42. The molecule has 0 aliphatic heterocycles. The van der Waals surface area contributed by atoms with Crippen molar-refractivity contribution in [2.24, 2.45) is 0 Å². The lowest BCUT2D eigenvalue weighted by Crippen LogP contribution is -2.13. The van der Waals surface area contributed by atoms with Gasteiger partial charge < -0.3 is 0 Å². The molecular formula is C16H14ClN3O2S. The Balaban J connectivity index is 1.88. The zero-order valence-corrected chi connectivity index (χ0v) is 13.8. The number of aromatic nitrogens is 2. The van der Waals surface area contributed by atoms with E-state index in [4.69, 9.17) is 11.6 Å². The molecule has 0 fully saturated rings. The molecule has 0 saturated heterocycles. The highest BCUT2D eigenvalue weighted by Crippen LogP contribution is 2.25. The molecule has 3 aromatic rings. The van der Waals surface area contributed by atoms with Crippen molar-refractivity contribution in [2.45, 2.75) is 11.8 Å². The first-order valence-corrected chi connectivity index (χ1v) is 8.71. The second-order valence-corrected chi connectivity index (χ2v) is 7.12. The highest BCUT2D eigenvalue weighted by molar-refractivity contribution is 7.92. The monoisotopic (exact) mass is 347 g/mol. The number of aryl methyl sites for hydroxylation is 1. The third-order valence-corrected chi connectivity index (χ3v) is 4.98. The molecule has 3 rings (SSSR count). The van der Waals surface area contributed by atoms with E-state index in [9.17, 15) is 8.42 Å². The summed E-state index contributed by atoms with van der Waals surface area (Å²) in [5.41, 5.74) is 2.07. The fourth-order valence-electron chi connectivity index (χ4n) is 2.10. The number of hydrogen-bond acceptors (Lipinski definition) is 3. The average Bonchev–Trinajstić information content (AvgIpc) is 3.01. The van der Waals surface area contributed by atoms with Crippen molar-refractivity contribution in [2.75, 3.05) is 4.72 Å². The van der Waals surface area contributed by atoms with Crippen LogP contribution < -0.4 is 4.72 Å². The largest absolute Gasteiger partial charge is 0.280 e. The third kappa shape index (κ3) is 3.38. The van der Waals surface area contributed by atoms with Gasteiger partial charge in [0.25, 0.3) is 10.0 Å². The summed E-state index contributed by atoms with van der Waals surface area (Å²) < 4.78 is 28.9. The molecule has 0 saturated carbocycles. The lowest BCUT2D eigenvalue weighted by Gasteiger charge is -2.10. The van der Waals surface area contributed by atoms with E-state index in [1.54, 1.807) is 65.6 Å². The van der Waals surface area contributed by atoms with E-state index in [-0.39, 0.29) is 4.90 Å². The molecule has 5 nitrogen and oxygen atoms in total. The van der Waals surface area contributed by atoms with Crippen LogP contribution in [0.2, 0.25) is 5.02 Å². The van der Waals surface area contributed by atoms with Crippen LogP contribution in [-0.4, -0.2) is 18.2 Å². The smallest absolute Gasteiger partial charge is 0.261 e. The summed E-state index contributed by atoms with van der Waals surface area (Å²) in [5.74, 6) is 0. The van der Waals surface area contributed by atoms with Gasteiger partial charge >= 0.3 is 0 Å². The highest BCUT2D eigenvalue weighted by Gasteiger charge is 2.14. The molecule has 0 amide bonds. The Labute approximate surface area is 139 Å². The van der Waals surface area contributed by atoms with Gasteiger partial charge in [0.15, 0.2) is 0 Å². The van der Waals surface area contributed by atoms with Gasteiger partial charge in [-0.05, 0) is 43.3 Å². The number of hydrogen-bond donors (Lipinski definition) is 1. The van der Waals surface area contributed by atoms with Crippen molar-refractivity contribution < 1.29 is 8.42 Å². The number of anilines is 1. The maximum absolute atomic E-state index is 12.4. The second kappa shape index (κ2) is 6.06. The SMILES string of the molecule is Cc1ccc(S(=O)(=O)Nc2ccc(-n3cccn3)c(Cl)c2)cc1. The van der Waals surface area contributed by atoms with Gasteiger partial charge in [-0.3, -0.25) is 4.72 Å². The summed E-state index contributed by atoms with van der Waals surface area (Å²) in [6.45, 7) is 1.90. The quantitative estimate of drug-likeness (QED) is 0.783.